The maximum Gasteiger partial charge on any atom is 0.210 e. The minimum Gasteiger partial charge on any atom is -0.330 e. The minimum absolute atomic E-state index is 0.105. The van der Waals surface area contributed by atoms with Crippen molar-refractivity contribution in [1.82, 2.24) is 10.2 Å². The summed E-state index contributed by atoms with van der Waals surface area (Å²) in [6.07, 6.45) is 0. The van der Waals surface area contributed by atoms with Crippen molar-refractivity contribution in [2.24, 2.45) is 0 Å². The lowest BCUT2D eigenvalue weighted by atomic mass is 10.1. The highest BCUT2D eigenvalue weighted by atomic mass is 32.2. The zero-order chi connectivity index (χ0) is 18.7. The van der Waals surface area contributed by atoms with Gasteiger partial charge in [-0.05, 0) is 51.0 Å². The Kier molecular flexibility index (Phi) is 5.74. The van der Waals surface area contributed by atoms with Crippen molar-refractivity contribution in [1.29, 1.82) is 0 Å². The summed E-state index contributed by atoms with van der Waals surface area (Å²) in [5, 5.41) is 12.2. The highest BCUT2D eigenvalue weighted by Gasteiger charge is 2.18. The number of carbonyl (C=O) groups is 1. The van der Waals surface area contributed by atoms with Crippen LogP contribution in [0.4, 0.5) is 10.8 Å². The van der Waals surface area contributed by atoms with Gasteiger partial charge in [0.2, 0.25) is 5.13 Å². The van der Waals surface area contributed by atoms with E-state index in [1.807, 2.05) is 44.2 Å². The number of nitrogens with zero attached hydrogens (tertiary/aromatic N) is 2. The summed E-state index contributed by atoms with van der Waals surface area (Å²) in [4.78, 5) is 12.5. The van der Waals surface area contributed by atoms with Gasteiger partial charge in [0.05, 0.1) is 5.25 Å². The molecule has 1 N–H and O–H groups in total. The second-order valence-corrected chi connectivity index (χ2v) is 8.85. The van der Waals surface area contributed by atoms with Crippen molar-refractivity contribution < 1.29 is 4.79 Å². The molecule has 0 radical (unpaired) electrons. The van der Waals surface area contributed by atoms with E-state index >= 15 is 0 Å². The van der Waals surface area contributed by atoms with Crippen LogP contribution in [0.15, 0.2) is 46.8 Å². The summed E-state index contributed by atoms with van der Waals surface area (Å²) < 4.78 is 0.782. The van der Waals surface area contributed by atoms with Crippen LogP contribution in [-0.4, -0.2) is 21.2 Å². The van der Waals surface area contributed by atoms with Gasteiger partial charge in [0.25, 0.3) is 0 Å². The minimum atomic E-state index is -0.208. The summed E-state index contributed by atoms with van der Waals surface area (Å²) >= 11 is 2.90. The fourth-order valence-corrected chi connectivity index (χ4v) is 4.40. The zero-order valence-corrected chi connectivity index (χ0v) is 16.9. The molecule has 0 fully saturated rings. The van der Waals surface area contributed by atoms with E-state index < -0.39 is 0 Å². The molecule has 0 aliphatic heterocycles. The van der Waals surface area contributed by atoms with Crippen molar-refractivity contribution in [2.45, 2.75) is 37.3 Å². The number of thioether (sulfide) groups is 1. The zero-order valence-electron chi connectivity index (χ0n) is 15.2. The molecule has 1 unspecified atom stereocenters. The van der Waals surface area contributed by atoms with E-state index in [4.69, 9.17) is 0 Å². The molecule has 2 aromatic carbocycles. The average molecular weight is 384 g/mol. The molecular formula is C20H21N3OS2. The molecule has 0 amide bonds. The summed E-state index contributed by atoms with van der Waals surface area (Å²) in [6, 6.07) is 13.9. The quantitative estimate of drug-likeness (QED) is 0.445. The van der Waals surface area contributed by atoms with E-state index in [1.54, 1.807) is 0 Å². The van der Waals surface area contributed by atoms with Crippen LogP contribution in [0.5, 0.6) is 0 Å². The highest BCUT2D eigenvalue weighted by molar-refractivity contribution is 8.02. The largest absolute Gasteiger partial charge is 0.330 e. The Labute approximate surface area is 162 Å². The number of carbonyl (C=O) groups excluding carboxylic acids is 1. The maximum atomic E-state index is 12.5. The number of aromatic nitrogens is 2. The van der Waals surface area contributed by atoms with Gasteiger partial charge in [0.1, 0.15) is 0 Å². The third kappa shape index (κ3) is 4.51. The van der Waals surface area contributed by atoms with Crippen molar-refractivity contribution in [2.75, 3.05) is 5.32 Å². The summed E-state index contributed by atoms with van der Waals surface area (Å²) in [5.74, 6) is 0.105. The van der Waals surface area contributed by atoms with Gasteiger partial charge >= 0.3 is 0 Å². The predicted molar refractivity (Wildman–Crippen MR) is 110 cm³/mol. The van der Waals surface area contributed by atoms with Gasteiger partial charge in [0, 0.05) is 11.3 Å². The maximum absolute atomic E-state index is 12.5. The Hall–Kier alpha value is -2.18. The van der Waals surface area contributed by atoms with Gasteiger partial charge in [-0.15, -0.1) is 10.2 Å². The van der Waals surface area contributed by atoms with Gasteiger partial charge in [0.15, 0.2) is 10.1 Å². The number of aryl methyl sites for hydroxylation is 3. The van der Waals surface area contributed by atoms with Crippen LogP contribution in [0.25, 0.3) is 0 Å². The monoisotopic (exact) mass is 383 g/mol. The molecule has 6 heteroatoms. The SMILES string of the molecule is Cc1ccc(C(=O)C(C)Sc2nnc(Nc3ccc(C)c(C)c3)s2)cc1. The van der Waals surface area contributed by atoms with E-state index in [-0.39, 0.29) is 11.0 Å². The molecule has 0 saturated carbocycles. The summed E-state index contributed by atoms with van der Waals surface area (Å²) in [6.45, 7) is 8.09. The first-order chi connectivity index (χ1) is 12.4. The number of hydrogen-bond donors (Lipinski definition) is 1. The fraction of sp³-hybridized carbons (Fsp3) is 0.250. The third-order valence-electron chi connectivity index (χ3n) is 4.15. The molecule has 3 rings (SSSR count). The Balaban J connectivity index is 1.64. The van der Waals surface area contributed by atoms with Gasteiger partial charge in [-0.25, -0.2) is 0 Å². The molecule has 134 valence electrons. The number of anilines is 2. The number of rotatable bonds is 6. The normalized spacial score (nSPS) is 12.0. The molecule has 1 atom stereocenters. The van der Waals surface area contributed by atoms with Crippen LogP contribution in [-0.2, 0) is 0 Å². The van der Waals surface area contributed by atoms with Gasteiger partial charge in [-0.1, -0.05) is 59.0 Å². The van der Waals surface area contributed by atoms with Crippen LogP contribution in [0.3, 0.4) is 0 Å². The average Bonchev–Trinajstić information content (AvgIpc) is 3.05. The lowest BCUT2D eigenvalue weighted by molar-refractivity contribution is 0.0994. The van der Waals surface area contributed by atoms with Crippen molar-refractivity contribution in [3.05, 3.63) is 64.7 Å². The molecular weight excluding hydrogens is 362 g/mol. The van der Waals surface area contributed by atoms with E-state index in [0.29, 0.717) is 0 Å². The van der Waals surface area contributed by atoms with E-state index in [1.165, 1.54) is 34.2 Å². The molecule has 0 saturated heterocycles. The number of nitrogens with one attached hydrogen (secondary N) is 1. The van der Waals surface area contributed by atoms with Gasteiger partial charge in [-0.2, -0.15) is 0 Å². The summed E-state index contributed by atoms with van der Waals surface area (Å²) in [5.41, 5.74) is 5.35. The highest BCUT2D eigenvalue weighted by Crippen LogP contribution is 2.32. The van der Waals surface area contributed by atoms with Crippen LogP contribution in [0.2, 0.25) is 0 Å². The number of ketones is 1. The molecule has 26 heavy (non-hydrogen) atoms. The number of Topliss-reactive ketones (excluding diaryl/α,β-unsaturated/α-hetero) is 1. The van der Waals surface area contributed by atoms with Crippen molar-refractivity contribution >= 4 is 39.7 Å². The summed E-state index contributed by atoms with van der Waals surface area (Å²) in [7, 11) is 0. The molecule has 0 aliphatic rings. The van der Waals surface area contributed by atoms with Crippen LogP contribution < -0.4 is 5.32 Å². The molecule has 1 aromatic heterocycles. The van der Waals surface area contributed by atoms with E-state index in [2.05, 4.69) is 41.5 Å². The van der Waals surface area contributed by atoms with E-state index in [9.17, 15) is 4.79 Å². The second kappa shape index (κ2) is 8.01. The molecule has 0 spiro atoms. The smallest absolute Gasteiger partial charge is 0.210 e. The van der Waals surface area contributed by atoms with Crippen LogP contribution in [0.1, 0.15) is 34.0 Å². The number of hydrogen-bond acceptors (Lipinski definition) is 6. The first-order valence-electron chi connectivity index (χ1n) is 8.37. The van der Waals surface area contributed by atoms with Crippen LogP contribution in [0, 0.1) is 20.8 Å². The van der Waals surface area contributed by atoms with Crippen molar-refractivity contribution in [3.8, 4) is 0 Å². The lowest BCUT2D eigenvalue weighted by Gasteiger charge is -2.08. The van der Waals surface area contributed by atoms with Gasteiger partial charge < -0.3 is 5.32 Å². The molecule has 1 heterocycles. The topological polar surface area (TPSA) is 54.9 Å². The Bertz CT molecular complexity index is 919. The van der Waals surface area contributed by atoms with Crippen molar-refractivity contribution in [3.63, 3.8) is 0 Å². The molecule has 0 bridgehead atoms. The Morgan fingerprint density at radius 2 is 1.77 bits per heavy atom. The van der Waals surface area contributed by atoms with Gasteiger partial charge in [-0.3, -0.25) is 4.79 Å². The molecule has 3 aromatic rings. The van der Waals surface area contributed by atoms with Crippen LogP contribution >= 0.6 is 23.1 Å². The lowest BCUT2D eigenvalue weighted by Crippen LogP contribution is -2.13. The second-order valence-electron chi connectivity index (χ2n) is 6.29. The predicted octanol–water partition coefficient (Wildman–Crippen LogP) is 5.57. The first kappa shape index (κ1) is 18.6. The Morgan fingerprint density at radius 3 is 2.46 bits per heavy atom. The number of benzene rings is 2. The van der Waals surface area contributed by atoms with E-state index in [0.717, 1.165) is 26.3 Å². The third-order valence-corrected chi connectivity index (χ3v) is 6.17. The molecule has 4 nitrogen and oxygen atoms in total. The molecule has 0 aliphatic carbocycles. The fourth-order valence-electron chi connectivity index (χ4n) is 2.41. The standard InChI is InChI=1S/C20H21N3OS2/c1-12-5-8-16(9-6-12)18(24)15(4)25-20-23-22-19(26-20)21-17-10-7-13(2)14(3)11-17/h5-11,15H,1-4H3,(H,21,22). The first-order valence-corrected chi connectivity index (χ1v) is 10.1. The Morgan fingerprint density at radius 1 is 1.04 bits per heavy atom.